The van der Waals surface area contributed by atoms with Crippen LogP contribution in [0.5, 0.6) is 0 Å². The lowest BCUT2D eigenvalue weighted by atomic mass is 10.2. The van der Waals surface area contributed by atoms with Crippen molar-refractivity contribution in [3.8, 4) is 0 Å². The van der Waals surface area contributed by atoms with Gasteiger partial charge in [-0.1, -0.05) is 17.7 Å². The fourth-order valence-corrected chi connectivity index (χ4v) is 2.39. The highest BCUT2D eigenvalue weighted by molar-refractivity contribution is 6.30. The van der Waals surface area contributed by atoms with Gasteiger partial charge in [-0.25, -0.2) is 14.4 Å². The molecule has 3 rings (SSSR count). The second-order valence-electron chi connectivity index (χ2n) is 5.66. The third-order valence-electron chi connectivity index (χ3n) is 3.67. The molecule has 1 aromatic heterocycles. The third-order valence-corrected chi connectivity index (χ3v) is 3.90. The maximum atomic E-state index is 12.9. The smallest absolute Gasteiger partial charge is 0.269 e. The molecule has 0 saturated carbocycles. The van der Waals surface area contributed by atoms with Gasteiger partial charge in [0.15, 0.2) is 11.6 Å². The van der Waals surface area contributed by atoms with Gasteiger partial charge in [0, 0.05) is 16.1 Å². The van der Waals surface area contributed by atoms with E-state index >= 15 is 0 Å². The fourth-order valence-electron chi connectivity index (χ4n) is 2.20. The van der Waals surface area contributed by atoms with E-state index in [2.05, 4.69) is 31.7 Å². The lowest BCUT2D eigenvalue weighted by molar-refractivity contribution is 0.0954. The van der Waals surface area contributed by atoms with Crippen molar-refractivity contribution in [2.45, 2.75) is 0 Å². The van der Waals surface area contributed by atoms with Crippen LogP contribution >= 0.6 is 11.6 Å². The van der Waals surface area contributed by atoms with Gasteiger partial charge in [0.1, 0.15) is 17.8 Å². The average Bonchev–Trinajstić information content (AvgIpc) is 2.72. The lowest BCUT2D eigenvalue weighted by Crippen LogP contribution is -2.32. The number of nitrogens with zero attached hydrogens (tertiary/aromatic N) is 2. The molecule has 0 aliphatic heterocycles. The molecule has 1 heterocycles. The number of rotatable bonds is 6. The van der Waals surface area contributed by atoms with Gasteiger partial charge in [-0.3, -0.25) is 31.3 Å². The van der Waals surface area contributed by atoms with E-state index in [4.69, 9.17) is 17.3 Å². The molecule has 11 heteroatoms. The van der Waals surface area contributed by atoms with Crippen molar-refractivity contribution in [1.29, 1.82) is 0 Å². The molecule has 0 unspecified atom stereocenters. The SMILES string of the molecule is Nc1c(NNC(=O)c2ccc(F)cc2)ncnc1NNC(=O)c1cccc(Cl)c1. The quantitative estimate of drug-likeness (QED) is 0.390. The van der Waals surface area contributed by atoms with Gasteiger partial charge in [-0.15, -0.1) is 0 Å². The number of hydrazine groups is 2. The predicted molar refractivity (Wildman–Crippen MR) is 106 cm³/mol. The lowest BCUT2D eigenvalue weighted by Gasteiger charge is -2.13. The van der Waals surface area contributed by atoms with Gasteiger partial charge < -0.3 is 5.73 Å². The van der Waals surface area contributed by atoms with Crippen LogP contribution in [-0.2, 0) is 0 Å². The van der Waals surface area contributed by atoms with Crippen LogP contribution in [0.3, 0.4) is 0 Å². The molecule has 0 saturated heterocycles. The Morgan fingerprint density at radius 2 is 1.48 bits per heavy atom. The highest BCUT2D eigenvalue weighted by atomic mass is 35.5. The number of benzene rings is 2. The third kappa shape index (κ3) is 5.08. The molecule has 29 heavy (non-hydrogen) atoms. The standard InChI is InChI=1S/C18H15ClFN7O2/c19-12-3-1-2-11(8-12)18(29)27-25-16-14(21)15(22-9-23-16)24-26-17(28)10-4-6-13(20)7-5-10/h1-9H,21H2,(H,26,28)(H,27,29)(H2,22,23,24,25). The van der Waals surface area contributed by atoms with Crippen LogP contribution in [0, 0.1) is 5.82 Å². The summed E-state index contributed by atoms with van der Waals surface area (Å²) >= 11 is 5.86. The minimum Gasteiger partial charge on any atom is -0.393 e. The van der Waals surface area contributed by atoms with Crippen LogP contribution in [0.25, 0.3) is 0 Å². The minimum absolute atomic E-state index is 0.0401. The van der Waals surface area contributed by atoms with Crippen LogP contribution in [0.1, 0.15) is 20.7 Å². The molecule has 2 aromatic carbocycles. The van der Waals surface area contributed by atoms with E-state index < -0.39 is 17.6 Å². The fraction of sp³-hybridized carbons (Fsp3) is 0. The van der Waals surface area contributed by atoms with Gasteiger partial charge >= 0.3 is 0 Å². The van der Waals surface area contributed by atoms with Gasteiger partial charge in [-0.05, 0) is 42.5 Å². The number of carbonyl (C=O) groups is 2. The van der Waals surface area contributed by atoms with E-state index in [0.717, 1.165) is 0 Å². The molecule has 0 aliphatic rings. The first-order valence-corrected chi connectivity index (χ1v) is 8.56. The highest BCUT2D eigenvalue weighted by Crippen LogP contribution is 2.21. The summed E-state index contributed by atoms with van der Waals surface area (Å²) in [5, 5.41) is 0.419. The van der Waals surface area contributed by atoms with Gasteiger partial charge in [0.2, 0.25) is 0 Å². The summed E-state index contributed by atoms with van der Waals surface area (Å²) in [5.74, 6) is -1.23. The number of amides is 2. The summed E-state index contributed by atoms with van der Waals surface area (Å²) in [6.45, 7) is 0. The molecule has 2 amide bonds. The molecule has 0 bridgehead atoms. The Morgan fingerprint density at radius 3 is 2.07 bits per heavy atom. The maximum Gasteiger partial charge on any atom is 0.269 e. The number of hydrogen-bond acceptors (Lipinski definition) is 7. The second kappa shape index (κ2) is 8.85. The van der Waals surface area contributed by atoms with E-state index in [1.165, 1.54) is 36.7 Å². The number of nitrogens with two attached hydrogens (primary N) is 1. The number of nitrogens with one attached hydrogen (secondary N) is 4. The number of hydrogen-bond donors (Lipinski definition) is 5. The van der Waals surface area contributed by atoms with Gasteiger partial charge in [0.25, 0.3) is 11.8 Å². The summed E-state index contributed by atoms with van der Waals surface area (Å²) < 4.78 is 12.9. The van der Waals surface area contributed by atoms with Crippen molar-refractivity contribution in [1.82, 2.24) is 20.8 Å². The molecule has 0 spiro atoms. The number of carbonyl (C=O) groups excluding carboxylic acids is 2. The molecule has 0 aliphatic carbocycles. The largest absolute Gasteiger partial charge is 0.393 e. The Morgan fingerprint density at radius 1 is 0.897 bits per heavy atom. The molecule has 9 nitrogen and oxygen atoms in total. The Hall–Kier alpha value is -3.92. The zero-order chi connectivity index (χ0) is 20.8. The molecule has 148 valence electrons. The predicted octanol–water partition coefficient (Wildman–Crippen LogP) is 2.37. The average molecular weight is 416 g/mol. The molecular formula is C18H15ClFN7O2. The molecular weight excluding hydrogens is 401 g/mol. The van der Waals surface area contributed by atoms with Crippen molar-refractivity contribution in [2.75, 3.05) is 16.6 Å². The highest BCUT2D eigenvalue weighted by Gasteiger charge is 2.12. The number of halogens is 2. The van der Waals surface area contributed by atoms with Crippen molar-refractivity contribution in [3.05, 3.63) is 76.8 Å². The Kier molecular flexibility index (Phi) is 6.05. The van der Waals surface area contributed by atoms with E-state index in [9.17, 15) is 14.0 Å². The molecule has 0 atom stereocenters. The van der Waals surface area contributed by atoms with E-state index in [1.54, 1.807) is 18.2 Å². The molecule has 0 fully saturated rings. The minimum atomic E-state index is -0.521. The van der Waals surface area contributed by atoms with Crippen molar-refractivity contribution in [2.24, 2.45) is 0 Å². The summed E-state index contributed by atoms with van der Waals surface area (Å²) in [4.78, 5) is 32.1. The molecule has 3 aromatic rings. The second-order valence-corrected chi connectivity index (χ2v) is 6.10. The van der Waals surface area contributed by atoms with E-state index in [-0.39, 0.29) is 22.9 Å². The molecule has 6 N–H and O–H groups in total. The van der Waals surface area contributed by atoms with E-state index in [0.29, 0.717) is 10.6 Å². The first kappa shape index (κ1) is 19.8. The van der Waals surface area contributed by atoms with Gasteiger partial charge in [-0.2, -0.15) is 0 Å². The molecule has 0 radical (unpaired) electrons. The number of anilines is 3. The Bertz CT molecular complexity index is 1050. The number of nitrogen functional groups attached to an aromatic ring is 1. The van der Waals surface area contributed by atoms with Crippen molar-refractivity contribution >= 4 is 40.7 Å². The van der Waals surface area contributed by atoms with Crippen LogP contribution in [-0.4, -0.2) is 21.8 Å². The van der Waals surface area contributed by atoms with Crippen LogP contribution in [0.4, 0.5) is 21.7 Å². The van der Waals surface area contributed by atoms with Crippen LogP contribution in [0.2, 0.25) is 5.02 Å². The maximum absolute atomic E-state index is 12.9. The zero-order valence-corrected chi connectivity index (χ0v) is 15.5. The normalized spacial score (nSPS) is 10.1. The Labute approximate surface area is 169 Å². The monoisotopic (exact) mass is 415 g/mol. The zero-order valence-electron chi connectivity index (χ0n) is 14.7. The Balaban J connectivity index is 1.62. The van der Waals surface area contributed by atoms with Crippen molar-refractivity contribution in [3.63, 3.8) is 0 Å². The first-order chi connectivity index (χ1) is 13.9. The first-order valence-electron chi connectivity index (χ1n) is 8.18. The van der Waals surface area contributed by atoms with Crippen LogP contribution < -0.4 is 27.4 Å². The van der Waals surface area contributed by atoms with Crippen LogP contribution in [0.15, 0.2) is 54.9 Å². The van der Waals surface area contributed by atoms with Gasteiger partial charge in [0.05, 0.1) is 0 Å². The van der Waals surface area contributed by atoms with Crippen molar-refractivity contribution < 1.29 is 14.0 Å². The van der Waals surface area contributed by atoms with E-state index in [1.807, 2.05) is 0 Å². The topological polar surface area (TPSA) is 134 Å². The summed E-state index contributed by atoms with van der Waals surface area (Å²) in [5.41, 5.74) is 16.5. The summed E-state index contributed by atoms with van der Waals surface area (Å²) in [6, 6.07) is 11.4. The number of aromatic nitrogens is 2. The summed E-state index contributed by atoms with van der Waals surface area (Å²) in [7, 11) is 0. The summed E-state index contributed by atoms with van der Waals surface area (Å²) in [6.07, 6.45) is 1.18.